The van der Waals surface area contributed by atoms with Gasteiger partial charge in [-0.05, 0) is 85.3 Å². The van der Waals surface area contributed by atoms with Gasteiger partial charge in [-0.3, -0.25) is 9.59 Å². The molecule has 3 N–H and O–H groups in total. The number of aromatic nitrogens is 1. The van der Waals surface area contributed by atoms with Crippen LogP contribution in [0.3, 0.4) is 0 Å². The summed E-state index contributed by atoms with van der Waals surface area (Å²) in [5, 5.41) is 14.8. The molecule has 1 aliphatic carbocycles. The second kappa shape index (κ2) is 13.5. The first-order valence-corrected chi connectivity index (χ1v) is 21.4. The molecule has 272 valence electrons. The second-order valence-corrected chi connectivity index (χ2v) is 22.8. The van der Waals surface area contributed by atoms with Crippen LogP contribution in [0.1, 0.15) is 69.8 Å². The number of carbonyl (C=O) groups excluding carboxylic acids is 1. The number of rotatable bonds is 11. The van der Waals surface area contributed by atoms with Crippen molar-refractivity contribution >= 4 is 41.1 Å². The van der Waals surface area contributed by atoms with E-state index in [-0.39, 0.29) is 57.5 Å². The van der Waals surface area contributed by atoms with E-state index in [2.05, 4.69) is 44.5 Å². The average molecular weight is 729 g/mol. The van der Waals surface area contributed by atoms with E-state index in [1.807, 2.05) is 13.8 Å². The molecule has 3 aromatic rings. The predicted octanol–water partition coefficient (Wildman–Crippen LogP) is 6.09. The third kappa shape index (κ3) is 7.98. The van der Waals surface area contributed by atoms with Crippen molar-refractivity contribution in [3.8, 4) is 11.1 Å². The minimum absolute atomic E-state index is 0.0211. The summed E-state index contributed by atoms with van der Waals surface area (Å²) < 4.78 is 53.2. The molecular weight excluding hydrogens is 680 g/mol. The van der Waals surface area contributed by atoms with Crippen LogP contribution in [0, 0.1) is 18.2 Å². The van der Waals surface area contributed by atoms with Crippen LogP contribution in [0.2, 0.25) is 18.1 Å². The zero-order valence-corrected chi connectivity index (χ0v) is 32.0. The highest BCUT2D eigenvalue weighted by molar-refractivity contribution is 7.89. The molecule has 1 aromatic heterocycles. The maximum absolute atomic E-state index is 15.2. The summed E-state index contributed by atoms with van der Waals surface area (Å²) in [6, 6.07) is 7.02. The topological polar surface area (TPSA) is 147 Å². The lowest BCUT2D eigenvalue weighted by molar-refractivity contribution is 0.0950. The van der Waals surface area contributed by atoms with Crippen LogP contribution in [0.4, 0.5) is 9.18 Å². The Labute approximate surface area is 294 Å². The van der Waals surface area contributed by atoms with Crippen molar-refractivity contribution in [2.75, 3.05) is 19.7 Å². The molecule has 14 heteroatoms. The Kier molecular flexibility index (Phi) is 10.2. The average Bonchev–Trinajstić information content (AvgIpc) is 3.70. The van der Waals surface area contributed by atoms with Crippen molar-refractivity contribution < 1.29 is 31.9 Å². The molecule has 2 aromatic carbocycles. The lowest BCUT2D eigenvalue weighted by atomic mass is 9.94. The maximum Gasteiger partial charge on any atom is 0.404 e. The number of nitrogens with one attached hydrogen (secondary N) is 2. The number of hydrogen-bond donors (Lipinski definition) is 3. The van der Waals surface area contributed by atoms with Crippen molar-refractivity contribution in [2.45, 2.75) is 102 Å². The van der Waals surface area contributed by atoms with Gasteiger partial charge in [0, 0.05) is 66.3 Å². The van der Waals surface area contributed by atoms with Gasteiger partial charge in [0.2, 0.25) is 10.0 Å². The van der Waals surface area contributed by atoms with Gasteiger partial charge in [0.25, 0.3) is 11.5 Å². The summed E-state index contributed by atoms with van der Waals surface area (Å²) in [6.45, 7) is 16.8. The van der Waals surface area contributed by atoms with Crippen molar-refractivity contribution in [1.82, 2.24) is 19.5 Å². The van der Waals surface area contributed by atoms with E-state index in [4.69, 9.17) is 4.43 Å². The minimum Gasteiger partial charge on any atom is -0.465 e. The number of carbonyl (C=O) groups is 2. The van der Waals surface area contributed by atoms with E-state index < -0.39 is 53.2 Å². The first kappa shape index (κ1) is 37.7. The van der Waals surface area contributed by atoms with E-state index in [9.17, 15) is 27.9 Å². The van der Waals surface area contributed by atoms with Crippen LogP contribution in [0.15, 0.2) is 46.2 Å². The van der Waals surface area contributed by atoms with Crippen LogP contribution in [-0.4, -0.2) is 74.5 Å². The molecule has 2 amide bonds. The van der Waals surface area contributed by atoms with Gasteiger partial charge in [-0.15, -0.1) is 0 Å². The molecule has 1 saturated heterocycles. The molecule has 5 rings (SSSR count). The number of pyridine rings is 1. The largest absolute Gasteiger partial charge is 0.465 e. The Hall–Kier alpha value is -3.59. The minimum atomic E-state index is -4.25. The number of fused-ring (bicyclic) bond motifs is 1. The maximum atomic E-state index is 15.2. The number of benzene rings is 2. The first-order chi connectivity index (χ1) is 23.1. The highest BCUT2D eigenvalue weighted by atomic mass is 32.2. The molecule has 11 nitrogen and oxygen atoms in total. The lowest BCUT2D eigenvalue weighted by Crippen LogP contribution is -2.44. The van der Waals surface area contributed by atoms with E-state index in [0.29, 0.717) is 24.2 Å². The number of hydrogen-bond acceptors (Lipinski definition) is 6. The summed E-state index contributed by atoms with van der Waals surface area (Å²) in [5.41, 5.74) is 0.326. The molecule has 1 atom stereocenters. The molecule has 2 aliphatic rings. The molecule has 2 fully saturated rings. The molecule has 0 radical (unpaired) electrons. The molecule has 2 heterocycles. The van der Waals surface area contributed by atoms with Gasteiger partial charge in [0.1, 0.15) is 10.7 Å². The molecule has 1 saturated carbocycles. The SMILES string of the molecule is Cc1c(F)cc(C(=O)NC2CC2)cc1-c1ccc2c(=O)n(CC(C)(C)CO[Si](C)(C)C(C)(C)C)cc(S(=O)(=O)N3CC[C@@H](NC(=O)O)C3)c2c1. The number of nitrogens with zero attached hydrogens (tertiary/aromatic N) is 2. The Morgan fingerprint density at radius 3 is 2.32 bits per heavy atom. The van der Waals surface area contributed by atoms with Crippen LogP contribution in [-0.2, 0) is 21.0 Å². The van der Waals surface area contributed by atoms with E-state index in [0.717, 1.165) is 12.8 Å². The quantitative estimate of drug-likeness (QED) is 0.203. The van der Waals surface area contributed by atoms with Crippen LogP contribution < -0.4 is 16.2 Å². The second-order valence-electron chi connectivity index (χ2n) is 16.1. The van der Waals surface area contributed by atoms with Gasteiger partial charge >= 0.3 is 6.09 Å². The van der Waals surface area contributed by atoms with E-state index >= 15 is 4.39 Å². The zero-order chi connectivity index (χ0) is 37.0. The summed E-state index contributed by atoms with van der Waals surface area (Å²) in [5.74, 6) is -0.971. The fraction of sp³-hybridized carbons (Fsp3) is 0.528. The fourth-order valence-electron chi connectivity index (χ4n) is 5.93. The number of carboxylic acid groups (broad SMARTS) is 1. The standard InChI is InChI=1S/C36H49FN4O7SSi/c1-22-28(16-24(17-30(22)37)32(42)38-25-10-11-25)23-9-12-27-29(15-23)31(49(46,47)41-14-13-26(18-41)39-34(44)45)19-40(33(27)43)20-36(5,6)21-48-50(7,8)35(2,3)4/h9,12,15-17,19,25-26,39H,10-11,13-14,18,20-21H2,1-8H3,(H,38,42)(H,44,45)/t26-/m1/s1. The molecule has 1 aliphatic heterocycles. The summed E-state index contributed by atoms with van der Waals surface area (Å²) in [6.07, 6.45) is 2.16. The van der Waals surface area contributed by atoms with E-state index in [1.165, 1.54) is 21.1 Å². The smallest absolute Gasteiger partial charge is 0.404 e. The molecule has 0 unspecified atom stereocenters. The van der Waals surface area contributed by atoms with Gasteiger partial charge in [0.15, 0.2) is 8.32 Å². The number of halogens is 1. The molecule has 0 bridgehead atoms. The van der Waals surface area contributed by atoms with Crippen molar-refractivity contribution in [2.24, 2.45) is 5.41 Å². The van der Waals surface area contributed by atoms with Crippen LogP contribution in [0.5, 0.6) is 0 Å². The Morgan fingerprint density at radius 2 is 1.70 bits per heavy atom. The Balaban J connectivity index is 1.62. The van der Waals surface area contributed by atoms with Crippen molar-refractivity contribution in [3.63, 3.8) is 0 Å². The monoisotopic (exact) mass is 728 g/mol. The van der Waals surface area contributed by atoms with Gasteiger partial charge in [-0.1, -0.05) is 40.7 Å². The molecule has 0 spiro atoms. The lowest BCUT2D eigenvalue weighted by Gasteiger charge is -2.39. The summed E-state index contributed by atoms with van der Waals surface area (Å²) in [4.78, 5) is 38.2. The Morgan fingerprint density at radius 1 is 1.02 bits per heavy atom. The van der Waals surface area contributed by atoms with Gasteiger partial charge in [0.05, 0.1) is 0 Å². The highest BCUT2D eigenvalue weighted by Crippen LogP contribution is 2.38. The third-order valence-corrected chi connectivity index (χ3v) is 16.6. The van der Waals surface area contributed by atoms with Gasteiger partial charge < -0.3 is 24.7 Å². The fourth-order valence-corrected chi connectivity index (χ4v) is 8.82. The highest BCUT2D eigenvalue weighted by Gasteiger charge is 2.39. The van der Waals surface area contributed by atoms with E-state index in [1.54, 1.807) is 31.2 Å². The van der Waals surface area contributed by atoms with Gasteiger partial charge in [-0.2, -0.15) is 4.31 Å². The number of amides is 2. The number of sulfonamides is 1. The van der Waals surface area contributed by atoms with Crippen LogP contribution >= 0.6 is 0 Å². The van der Waals surface area contributed by atoms with Crippen molar-refractivity contribution in [3.05, 3.63) is 63.8 Å². The van der Waals surface area contributed by atoms with Crippen molar-refractivity contribution in [1.29, 1.82) is 0 Å². The summed E-state index contributed by atoms with van der Waals surface area (Å²) in [7, 11) is -6.37. The van der Waals surface area contributed by atoms with Crippen LogP contribution in [0.25, 0.3) is 21.9 Å². The normalized spacial score (nSPS) is 17.7. The molecular formula is C36H49FN4O7SSi. The molecule has 50 heavy (non-hydrogen) atoms. The third-order valence-electron chi connectivity index (χ3n) is 10.2. The summed E-state index contributed by atoms with van der Waals surface area (Å²) >= 11 is 0. The zero-order valence-electron chi connectivity index (χ0n) is 30.1. The Bertz CT molecular complexity index is 2000. The predicted molar refractivity (Wildman–Crippen MR) is 194 cm³/mol. The first-order valence-electron chi connectivity index (χ1n) is 17.0. The van der Waals surface area contributed by atoms with Gasteiger partial charge in [-0.25, -0.2) is 17.6 Å².